The van der Waals surface area contributed by atoms with Crippen molar-refractivity contribution in [1.29, 1.82) is 0 Å². The predicted octanol–water partition coefficient (Wildman–Crippen LogP) is 0.854. The highest BCUT2D eigenvalue weighted by molar-refractivity contribution is 7.91. The van der Waals surface area contributed by atoms with Crippen molar-refractivity contribution in [1.82, 2.24) is 4.90 Å². The molecule has 0 radical (unpaired) electrons. The number of carboxylic acids is 1. The number of rotatable bonds is 9. The fourth-order valence-corrected chi connectivity index (χ4v) is 2.89. The molecule has 0 saturated heterocycles. The largest absolute Gasteiger partial charge is 0.481 e. The fraction of sp³-hybridized carbons (Fsp3) is 0.909. The van der Waals surface area contributed by atoms with E-state index in [4.69, 9.17) is 5.11 Å². The number of hydrogen-bond acceptors (Lipinski definition) is 4. The Morgan fingerprint density at radius 3 is 2.29 bits per heavy atom. The van der Waals surface area contributed by atoms with E-state index < -0.39 is 21.7 Å². The Labute approximate surface area is 104 Å². The van der Waals surface area contributed by atoms with Gasteiger partial charge in [-0.25, -0.2) is 8.42 Å². The summed E-state index contributed by atoms with van der Waals surface area (Å²) in [5.74, 6) is -0.997. The summed E-state index contributed by atoms with van der Waals surface area (Å²) in [6.07, 6.45) is 0.625. The molecule has 0 heterocycles. The summed E-state index contributed by atoms with van der Waals surface area (Å²) in [6, 6.07) is 0. The molecule has 0 aromatic rings. The Balaban J connectivity index is 4.19. The van der Waals surface area contributed by atoms with E-state index in [-0.39, 0.29) is 11.5 Å². The SMILES string of the molecule is CCCS(=O)(=O)CCN(CC)CC(C)C(=O)O. The first kappa shape index (κ1) is 16.4. The van der Waals surface area contributed by atoms with Crippen molar-refractivity contribution in [2.45, 2.75) is 27.2 Å². The molecule has 0 rings (SSSR count). The third-order valence-electron chi connectivity index (χ3n) is 2.63. The van der Waals surface area contributed by atoms with E-state index in [1.54, 1.807) is 6.92 Å². The normalized spacial score (nSPS) is 13.9. The van der Waals surface area contributed by atoms with Gasteiger partial charge >= 0.3 is 5.97 Å². The van der Waals surface area contributed by atoms with Gasteiger partial charge in [0.05, 0.1) is 11.7 Å². The van der Waals surface area contributed by atoms with E-state index in [2.05, 4.69) is 0 Å². The number of aliphatic carboxylic acids is 1. The molecule has 1 unspecified atom stereocenters. The van der Waals surface area contributed by atoms with Gasteiger partial charge in [0.1, 0.15) is 0 Å². The van der Waals surface area contributed by atoms with Crippen LogP contribution >= 0.6 is 0 Å². The topological polar surface area (TPSA) is 74.7 Å². The average Bonchev–Trinajstić information content (AvgIpc) is 2.23. The molecule has 0 saturated carbocycles. The van der Waals surface area contributed by atoms with E-state index in [0.717, 1.165) is 0 Å². The maximum absolute atomic E-state index is 11.5. The summed E-state index contributed by atoms with van der Waals surface area (Å²) in [6.45, 7) is 6.84. The van der Waals surface area contributed by atoms with Gasteiger partial charge in [0.15, 0.2) is 9.84 Å². The number of carbonyl (C=O) groups is 1. The van der Waals surface area contributed by atoms with Crippen LogP contribution in [0.25, 0.3) is 0 Å². The van der Waals surface area contributed by atoms with Crippen molar-refractivity contribution in [2.24, 2.45) is 5.92 Å². The smallest absolute Gasteiger partial charge is 0.307 e. The average molecular weight is 265 g/mol. The van der Waals surface area contributed by atoms with Gasteiger partial charge in [-0.2, -0.15) is 0 Å². The molecule has 0 aromatic carbocycles. The van der Waals surface area contributed by atoms with Crippen molar-refractivity contribution in [3.63, 3.8) is 0 Å². The molecule has 0 fully saturated rings. The zero-order valence-corrected chi connectivity index (χ0v) is 11.7. The Morgan fingerprint density at radius 2 is 1.88 bits per heavy atom. The van der Waals surface area contributed by atoms with Gasteiger partial charge in [0.25, 0.3) is 0 Å². The molecule has 1 atom stereocenters. The number of carboxylic acid groups (broad SMARTS) is 1. The quantitative estimate of drug-likeness (QED) is 0.669. The van der Waals surface area contributed by atoms with Crippen LogP contribution in [0.1, 0.15) is 27.2 Å². The molecule has 17 heavy (non-hydrogen) atoms. The Bertz CT molecular complexity index is 326. The molecule has 0 spiro atoms. The Hall–Kier alpha value is -0.620. The van der Waals surface area contributed by atoms with Crippen LogP contribution in [0.3, 0.4) is 0 Å². The second kappa shape index (κ2) is 7.66. The van der Waals surface area contributed by atoms with Crippen LogP contribution in [0, 0.1) is 5.92 Å². The van der Waals surface area contributed by atoms with Crippen LogP contribution in [-0.4, -0.2) is 55.5 Å². The van der Waals surface area contributed by atoms with Crippen LogP contribution in [0.2, 0.25) is 0 Å². The summed E-state index contributed by atoms with van der Waals surface area (Å²) in [5.41, 5.74) is 0. The van der Waals surface area contributed by atoms with Gasteiger partial charge in [0.2, 0.25) is 0 Å². The summed E-state index contributed by atoms with van der Waals surface area (Å²) in [5, 5.41) is 8.79. The van der Waals surface area contributed by atoms with Crippen molar-refractivity contribution in [3.05, 3.63) is 0 Å². The van der Waals surface area contributed by atoms with Gasteiger partial charge in [0, 0.05) is 18.8 Å². The Kier molecular flexibility index (Phi) is 7.38. The summed E-state index contributed by atoms with van der Waals surface area (Å²) in [7, 11) is -2.98. The molecular formula is C11H23NO4S. The highest BCUT2D eigenvalue weighted by atomic mass is 32.2. The van der Waals surface area contributed by atoms with Crippen LogP contribution in [0.15, 0.2) is 0 Å². The minimum absolute atomic E-state index is 0.112. The Morgan fingerprint density at radius 1 is 1.29 bits per heavy atom. The minimum atomic E-state index is -2.98. The van der Waals surface area contributed by atoms with Crippen molar-refractivity contribution in [2.75, 3.05) is 31.1 Å². The molecule has 0 aliphatic heterocycles. The zero-order chi connectivity index (χ0) is 13.5. The number of hydrogen-bond donors (Lipinski definition) is 1. The molecule has 0 aliphatic carbocycles. The fourth-order valence-electron chi connectivity index (χ4n) is 1.53. The maximum atomic E-state index is 11.5. The lowest BCUT2D eigenvalue weighted by molar-refractivity contribution is -0.141. The monoisotopic (exact) mass is 265 g/mol. The summed E-state index contributed by atoms with van der Waals surface area (Å²) < 4.78 is 23.1. The minimum Gasteiger partial charge on any atom is -0.481 e. The standard InChI is InChI=1S/C11H23NO4S/c1-4-7-17(15,16)8-6-12(5-2)9-10(3)11(13)14/h10H,4-9H2,1-3H3,(H,13,14). The lowest BCUT2D eigenvalue weighted by atomic mass is 10.2. The second-order valence-electron chi connectivity index (χ2n) is 4.28. The molecule has 0 aliphatic rings. The van der Waals surface area contributed by atoms with Gasteiger partial charge in [-0.1, -0.05) is 20.8 Å². The van der Waals surface area contributed by atoms with E-state index in [1.807, 2.05) is 18.7 Å². The van der Waals surface area contributed by atoms with Crippen LogP contribution in [-0.2, 0) is 14.6 Å². The van der Waals surface area contributed by atoms with E-state index >= 15 is 0 Å². The van der Waals surface area contributed by atoms with Crippen LogP contribution < -0.4 is 0 Å². The summed E-state index contributed by atoms with van der Waals surface area (Å²) in [4.78, 5) is 12.6. The van der Waals surface area contributed by atoms with Gasteiger partial charge in [-0.05, 0) is 13.0 Å². The second-order valence-corrected chi connectivity index (χ2v) is 6.59. The zero-order valence-electron chi connectivity index (χ0n) is 10.8. The number of sulfone groups is 1. The van der Waals surface area contributed by atoms with E-state index in [9.17, 15) is 13.2 Å². The molecule has 0 aromatic heterocycles. The van der Waals surface area contributed by atoms with Crippen molar-refractivity contribution in [3.8, 4) is 0 Å². The molecular weight excluding hydrogens is 242 g/mol. The lowest BCUT2D eigenvalue weighted by Crippen LogP contribution is -2.35. The molecule has 102 valence electrons. The van der Waals surface area contributed by atoms with Gasteiger partial charge < -0.3 is 10.0 Å². The van der Waals surface area contributed by atoms with Crippen molar-refractivity contribution < 1.29 is 18.3 Å². The van der Waals surface area contributed by atoms with Crippen LogP contribution in [0.5, 0.6) is 0 Å². The molecule has 0 amide bonds. The van der Waals surface area contributed by atoms with E-state index in [1.165, 1.54) is 0 Å². The lowest BCUT2D eigenvalue weighted by Gasteiger charge is -2.22. The first-order valence-electron chi connectivity index (χ1n) is 5.98. The highest BCUT2D eigenvalue weighted by Gasteiger charge is 2.17. The molecule has 6 heteroatoms. The number of nitrogens with zero attached hydrogens (tertiary/aromatic N) is 1. The van der Waals surface area contributed by atoms with Crippen LogP contribution in [0.4, 0.5) is 0 Å². The van der Waals surface area contributed by atoms with Gasteiger partial charge in [-0.15, -0.1) is 0 Å². The molecule has 0 bridgehead atoms. The predicted molar refractivity (Wildman–Crippen MR) is 67.9 cm³/mol. The molecule has 5 nitrogen and oxygen atoms in total. The highest BCUT2D eigenvalue weighted by Crippen LogP contribution is 2.02. The molecule has 1 N–H and O–H groups in total. The van der Waals surface area contributed by atoms with E-state index in [0.29, 0.717) is 26.1 Å². The third kappa shape index (κ3) is 7.33. The van der Waals surface area contributed by atoms with Crippen molar-refractivity contribution >= 4 is 15.8 Å². The first-order chi connectivity index (χ1) is 7.82. The third-order valence-corrected chi connectivity index (χ3v) is 4.47. The maximum Gasteiger partial charge on any atom is 0.307 e. The summed E-state index contributed by atoms with van der Waals surface area (Å²) >= 11 is 0. The van der Waals surface area contributed by atoms with Gasteiger partial charge in [-0.3, -0.25) is 4.79 Å². The first-order valence-corrected chi connectivity index (χ1v) is 7.80.